The van der Waals surface area contributed by atoms with E-state index >= 15 is 0 Å². The van der Waals surface area contributed by atoms with Gasteiger partial charge in [-0.05, 0) is 18.8 Å². The van der Waals surface area contributed by atoms with Gasteiger partial charge in [-0.25, -0.2) is 0 Å². The van der Waals surface area contributed by atoms with Crippen molar-refractivity contribution in [3.8, 4) is 0 Å². The molecule has 104 valence electrons. The number of carboxylic acid groups (broad SMARTS) is 1. The molecule has 4 unspecified atom stereocenters. The number of hydrogen-bond acceptors (Lipinski definition) is 2. The highest BCUT2D eigenvalue weighted by Crippen LogP contribution is 2.23. The second-order valence-electron chi connectivity index (χ2n) is 5.65. The summed E-state index contributed by atoms with van der Waals surface area (Å²) in [7, 11) is 0. The first-order chi connectivity index (χ1) is 8.43. The van der Waals surface area contributed by atoms with Crippen LogP contribution in [0.1, 0.15) is 52.9 Å². The van der Waals surface area contributed by atoms with E-state index in [1.54, 1.807) is 13.8 Å². The van der Waals surface area contributed by atoms with Crippen molar-refractivity contribution in [3.63, 3.8) is 0 Å². The number of amides is 1. The van der Waals surface area contributed by atoms with Crippen LogP contribution >= 0.6 is 0 Å². The Hall–Kier alpha value is -1.06. The average molecular weight is 255 g/mol. The molecule has 0 bridgehead atoms. The summed E-state index contributed by atoms with van der Waals surface area (Å²) in [6.07, 6.45) is 5.78. The molecule has 4 nitrogen and oxygen atoms in total. The van der Waals surface area contributed by atoms with E-state index in [1.807, 2.05) is 0 Å². The Bertz CT molecular complexity index is 303. The Morgan fingerprint density at radius 2 is 1.72 bits per heavy atom. The lowest BCUT2D eigenvalue weighted by Crippen LogP contribution is -2.43. The van der Waals surface area contributed by atoms with Gasteiger partial charge in [0.1, 0.15) is 0 Å². The van der Waals surface area contributed by atoms with Crippen molar-refractivity contribution < 1.29 is 14.7 Å². The van der Waals surface area contributed by atoms with Crippen LogP contribution in [-0.4, -0.2) is 23.0 Å². The number of aliphatic carboxylic acids is 1. The number of rotatable bonds is 4. The van der Waals surface area contributed by atoms with E-state index < -0.39 is 17.8 Å². The molecule has 0 spiro atoms. The fourth-order valence-corrected chi connectivity index (χ4v) is 2.46. The van der Waals surface area contributed by atoms with Gasteiger partial charge in [0.2, 0.25) is 5.91 Å². The molecule has 0 heterocycles. The molecule has 0 aromatic heterocycles. The molecule has 18 heavy (non-hydrogen) atoms. The second-order valence-corrected chi connectivity index (χ2v) is 5.65. The molecule has 0 saturated heterocycles. The first-order valence-electron chi connectivity index (χ1n) is 6.96. The van der Waals surface area contributed by atoms with Crippen LogP contribution in [0, 0.1) is 17.8 Å². The predicted octanol–water partition coefficient (Wildman–Crippen LogP) is 2.43. The third kappa shape index (κ3) is 4.00. The largest absolute Gasteiger partial charge is 0.481 e. The van der Waals surface area contributed by atoms with E-state index in [-0.39, 0.29) is 11.9 Å². The molecule has 0 aliphatic heterocycles. The fourth-order valence-electron chi connectivity index (χ4n) is 2.46. The maximum absolute atomic E-state index is 12.0. The molecule has 1 rings (SSSR count). The van der Waals surface area contributed by atoms with Gasteiger partial charge >= 0.3 is 5.97 Å². The summed E-state index contributed by atoms with van der Waals surface area (Å²) in [5, 5.41) is 12.0. The molecule has 1 amide bonds. The summed E-state index contributed by atoms with van der Waals surface area (Å²) in [6, 6.07) is 0.212. The van der Waals surface area contributed by atoms with Crippen LogP contribution in [0.25, 0.3) is 0 Å². The van der Waals surface area contributed by atoms with Crippen LogP contribution in [0.4, 0.5) is 0 Å². The van der Waals surface area contributed by atoms with Gasteiger partial charge in [-0.15, -0.1) is 0 Å². The zero-order valence-corrected chi connectivity index (χ0v) is 11.6. The Morgan fingerprint density at radius 3 is 2.33 bits per heavy atom. The number of carboxylic acids is 1. The van der Waals surface area contributed by atoms with Gasteiger partial charge in [-0.3, -0.25) is 9.59 Å². The Morgan fingerprint density at radius 1 is 1.11 bits per heavy atom. The molecule has 1 fully saturated rings. The maximum Gasteiger partial charge on any atom is 0.307 e. The number of carbonyl (C=O) groups is 2. The number of carbonyl (C=O) groups excluding carboxylic acids is 1. The topological polar surface area (TPSA) is 66.4 Å². The number of hydrogen-bond donors (Lipinski definition) is 2. The molecule has 2 N–H and O–H groups in total. The third-order valence-electron chi connectivity index (χ3n) is 4.24. The molecule has 0 aromatic rings. The van der Waals surface area contributed by atoms with E-state index in [0.29, 0.717) is 5.92 Å². The molecule has 1 aliphatic rings. The van der Waals surface area contributed by atoms with Gasteiger partial charge in [-0.1, -0.05) is 40.0 Å². The zero-order chi connectivity index (χ0) is 13.7. The molecule has 1 saturated carbocycles. The van der Waals surface area contributed by atoms with Crippen molar-refractivity contribution >= 4 is 11.9 Å². The van der Waals surface area contributed by atoms with Gasteiger partial charge < -0.3 is 10.4 Å². The van der Waals surface area contributed by atoms with Crippen LogP contribution in [0.2, 0.25) is 0 Å². The monoisotopic (exact) mass is 255 g/mol. The third-order valence-corrected chi connectivity index (χ3v) is 4.24. The summed E-state index contributed by atoms with van der Waals surface area (Å²) in [5.41, 5.74) is 0. The number of nitrogens with one attached hydrogen (secondary N) is 1. The molecule has 0 aromatic carbocycles. The summed E-state index contributed by atoms with van der Waals surface area (Å²) in [4.78, 5) is 22.9. The first kappa shape index (κ1) is 15.0. The molecule has 0 radical (unpaired) electrons. The van der Waals surface area contributed by atoms with E-state index in [0.717, 1.165) is 19.3 Å². The molecular weight excluding hydrogens is 230 g/mol. The summed E-state index contributed by atoms with van der Waals surface area (Å²) in [6.45, 7) is 5.44. The highest BCUT2D eigenvalue weighted by atomic mass is 16.4. The summed E-state index contributed by atoms with van der Waals surface area (Å²) < 4.78 is 0. The van der Waals surface area contributed by atoms with Gasteiger partial charge in [0, 0.05) is 12.0 Å². The predicted molar refractivity (Wildman–Crippen MR) is 70.1 cm³/mol. The second kappa shape index (κ2) is 6.76. The van der Waals surface area contributed by atoms with E-state index in [4.69, 9.17) is 5.11 Å². The molecular formula is C14H25NO3. The Kier molecular flexibility index (Phi) is 5.63. The Balaban J connectivity index is 2.54. The van der Waals surface area contributed by atoms with Crippen molar-refractivity contribution in [1.82, 2.24) is 5.32 Å². The smallest absolute Gasteiger partial charge is 0.307 e. The maximum atomic E-state index is 12.0. The van der Waals surface area contributed by atoms with Gasteiger partial charge in [-0.2, -0.15) is 0 Å². The minimum absolute atomic E-state index is 0.122. The van der Waals surface area contributed by atoms with Gasteiger partial charge in [0.25, 0.3) is 0 Å². The lowest BCUT2D eigenvalue weighted by Gasteiger charge is -2.25. The van der Waals surface area contributed by atoms with Crippen LogP contribution in [0.15, 0.2) is 0 Å². The molecule has 1 aliphatic carbocycles. The van der Waals surface area contributed by atoms with Gasteiger partial charge in [0.15, 0.2) is 0 Å². The van der Waals surface area contributed by atoms with Crippen molar-refractivity contribution in [3.05, 3.63) is 0 Å². The zero-order valence-electron chi connectivity index (χ0n) is 11.6. The minimum Gasteiger partial charge on any atom is -0.481 e. The van der Waals surface area contributed by atoms with Crippen molar-refractivity contribution in [2.75, 3.05) is 0 Å². The highest BCUT2D eigenvalue weighted by Gasteiger charge is 2.29. The lowest BCUT2D eigenvalue weighted by molar-refractivity contribution is -0.146. The van der Waals surface area contributed by atoms with Crippen LogP contribution < -0.4 is 5.32 Å². The van der Waals surface area contributed by atoms with Crippen LogP contribution in [0.3, 0.4) is 0 Å². The first-order valence-corrected chi connectivity index (χ1v) is 6.96. The van der Waals surface area contributed by atoms with E-state index in [2.05, 4.69) is 12.2 Å². The van der Waals surface area contributed by atoms with Crippen molar-refractivity contribution in [2.24, 2.45) is 17.8 Å². The molecule has 4 atom stereocenters. The average Bonchev–Trinajstić information content (AvgIpc) is 2.53. The summed E-state index contributed by atoms with van der Waals surface area (Å²) in [5.74, 6) is -1.65. The lowest BCUT2D eigenvalue weighted by atomic mass is 9.92. The summed E-state index contributed by atoms with van der Waals surface area (Å²) >= 11 is 0. The van der Waals surface area contributed by atoms with E-state index in [1.165, 1.54) is 12.8 Å². The Labute approximate surface area is 109 Å². The van der Waals surface area contributed by atoms with E-state index in [9.17, 15) is 9.59 Å². The van der Waals surface area contributed by atoms with Crippen molar-refractivity contribution in [2.45, 2.75) is 58.9 Å². The van der Waals surface area contributed by atoms with Crippen LogP contribution in [-0.2, 0) is 9.59 Å². The van der Waals surface area contributed by atoms with Gasteiger partial charge in [0.05, 0.1) is 5.92 Å². The minimum atomic E-state index is -0.911. The fraction of sp³-hybridized carbons (Fsp3) is 0.857. The highest BCUT2D eigenvalue weighted by molar-refractivity contribution is 5.84. The quantitative estimate of drug-likeness (QED) is 0.758. The van der Waals surface area contributed by atoms with Crippen molar-refractivity contribution in [1.29, 1.82) is 0 Å². The molecule has 4 heteroatoms. The standard InChI is InChI=1S/C14H25NO3/c1-9-7-5-4-6-8-12(9)15-13(16)10(2)11(3)14(17)18/h9-12H,4-8H2,1-3H3,(H,15,16)(H,17,18). The normalized spacial score (nSPS) is 27.9. The van der Waals surface area contributed by atoms with Crippen LogP contribution in [0.5, 0.6) is 0 Å². The SMILES string of the molecule is CC1CCCCCC1NC(=O)C(C)C(C)C(=O)O.